The molecule has 1 saturated heterocycles. The van der Waals surface area contributed by atoms with Gasteiger partial charge in [0.05, 0.1) is 43.9 Å². The second-order valence-electron chi connectivity index (χ2n) is 12.6. The molecule has 262 valence electrons. The van der Waals surface area contributed by atoms with Crippen molar-refractivity contribution in [3.63, 3.8) is 0 Å². The van der Waals surface area contributed by atoms with Crippen molar-refractivity contribution in [1.29, 1.82) is 0 Å². The van der Waals surface area contributed by atoms with Crippen molar-refractivity contribution in [3.05, 3.63) is 72.3 Å². The zero-order valence-electron chi connectivity index (χ0n) is 27.1. The Bertz CT molecular complexity index is 1430. The van der Waals surface area contributed by atoms with Gasteiger partial charge in [0.1, 0.15) is 17.8 Å². The minimum Gasteiger partial charge on any atom is -0.542 e. The van der Waals surface area contributed by atoms with Crippen molar-refractivity contribution >= 4 is 29.6 Å². The fraction of sp³-hybridized carbons (Fsp3) is 0.471. The Hall–Kier alpha value is -4.59. The third-order valence-electron chi connectivity index (χ3n) is 8.23. The fourth-order valence-corrected chi connectivity index (χ4v) is 5.96. The molecule has 0 aromatic heterocycles. The number of primary amides is 1. The first-order valence-electron chi connectivity index (χ1n) is 15.8. The Balaban J connectivity index is 0.000000804. The molecule has 1 aliphatic carbocycles. The van der Waals surface area contributed by atoms with Gasteiger partial charge in [-0.2, -0.15) is 13.2 Å². The van der Waals surface area contributed by atoms with E-state index >= 15 is 0 Å². The van der Waals surface area contributed by atoms with Crippen LogP contribution in [0.25, 0.3) is 0 Å². The van der Waals surface area contributed by atoms with E-state index in [1.807, 2.05) is 6.08 Å². The van der Waals surface area contributed by atoms with Crippen molar-refractivity contribution in [2.45, 2.75) is 70.3 Å². The van der Waals surface area contributed by atoms with Gasteiger partial charge in [-0.05, 0) is 87.6 Å². The molecule has 4 rings (SSSR count). The second-order valence-corrected chi connectivity index (χ2v) is 12.6. The number of halogens is 3. The summed E-state index contributed by atoms with van der Waals surface area (Å²) >= 11 is 0. The minimum atomic E-state index is -5.19. The van der Waals surface area contributed by atoms with Crippen LogP contribution in [0.2, 0.25) is 0 Å². The monoisotopic (exact) mass is 676 g/mol. The number of carbonyl (C=O) groups excluding carboxylic acids is 4. The number of aliphatic carboxylic acids is 1. The van der Waals surface area contributed by atoms with Crippen LogP contribution in [0.5, 0.6) is 5.75 Å². The fourth-order valence-electron chi connectivity index (χ4n) is 5.96. The number of benzene rings is 2. The van der Waals surface area contributed by atoms with E-state index in [0.29, 0.717) is 17.2 Å². The molecule has 2 aromatic rings. The van der Waals surface area contributed by atoms with E-state index in [0.717, 1.165) is 49.1 Å². The summed E-state index contributed by atoms with van der Waals surface area (Å²) in [4.78, 5) is 49.7. The normalized spacial score (nSPS) is 19.7. The van der Waals surface area contributed by atoms with Crippen LogP contribution >= 0.6 is 0 Å². The molecule has 14 heteroatoms. The van der Waals surface area contributed by atoms with Gasteiger partial charge >= 0.3 is 18.2 Å². The number of hydrogen-bond acceptors (Lipinski definition) is 7. The molecule has 1 heterocycles. The lowest BCUT2D eigenvalue weighted by Gasteiger charge is -2.48. The van der Waals surface area contributed by atoms with Crippen LogP contribution in [-0.2, 0) is 20.7 Å². The summed E-state index contributed by atoms with van der Waals surface area (Å²) in [5.41, 5.74) is 7.65. The highest BCUT2D eigenvalue weighted by atomic mass is 19.4. The molecule has 2 aromatic carbocycles. The number of aromatic hydroxyl groups is 1. The number of piperidine rings is 1. The highest BCUT2D eigenvalue weighted by molar-refractivity contribution is 5.95. The van der Waals surface area contributed by atoms with Crippen molar-refractivity contribution in [2.75, 3.05) is 31.5 Å². The highest BCUT2D eigenvalue weighted by Gasteiger charge is 2.44. The molecule has 48 heavy (non-hydrogen) atoms. The van der Waals surface area contributed by atoms with E-state index in [1.54, 1.807) is 67.3 Å². The van der Waals surface area contributed by atoms with Crippen LogP contribution in [0.4, 0.5) is 23.7 Å². The van der Waals surface area contributed by atoms with Crippen molar-refractivity contribution in [2.24, 2.45) is 11.7 Å². The second kappa shape index (κ2) is 16.5. The predicted molar refractivity (Wildman–Crippen MR) is 169 cm³/mol. The van der Waals surface area contributed by atoms with Gasteiger partial charge in [0.2, 0.25) is 5.91 Å². The van der Waals surface area contributed by atoms with Crippen LogP contribution in [0.3, 0.4) is 0 Å². The first kappa shape index (κ1) is 37.9. The Morgan fingerprint density at radius 2 is 1.71 bits per heavy atom. The molecule has 0 radical (unpaired) electrons. The topological polar surface area (TPSA) is 162 Å². The van der Waals surface area contributed by atoms with E-state index in [4.69, 9.17) is 20.4 Å². The summed E-state index contributed by atoms with van der Waals surface area (Å²) < 4.78 is 37.7. The number of carbonyl (C=O) groups is 4. The first-order chi connectivity index (χ1) is 22.5. The van der Waals surface area contributed by atoms with Gasteiger partial charge in [-0.25, -0.2) is 9.59 Å². The number of nitrogens with two attached hydrogens (primary N) is 1. The van der Waals surface area contributed by atoms with Crippen LogP contribution in [0, 0.1) is 5.92 Å². The molecular weight excluding hydrogens is 633 g/mol. The zero-order chi connectivity index (χ0) is 35.6. The third-order valence-corrected chi connectivity index (χ3v) is 8.23. The number of likely N-dealkylation sites (tertiary alicyclic amines) is 1. The average molecular weight is 677 g/mol. The Kier molecular flexibility index (Phi) is 13.0. The molecule has 4 N–H and O–H groups in total. The van der Waals surface area contributed by atoms with Crippen LogP contribution in [0.15, 0.2) is 61.2 Å². The van der Waals surface area contributed by atoms with Gasteiger partial charge in [-0.1, -0.05) is 18.7 Å². The van der Waals surface area contributed by atoms with E-state index in [9.17, 15) is 32.7 Å². The van der Waals surface area contributed by atoms with E-state index in [-0.39, 0.29) is 24.3 Å². The standard InChI is InChI=1S/C32H42N4O5.C2HF3O2/c1-4-17-36(20-24-7-8-24)18-5-6-27(21-36)35(29(30(33)38)19-23-9-15-28(37)16-10-23)32(40)34-26-13-11-25(12-14-26)31(39)41-22(2)3;3-2(4,5)1(6)7/h4,9-16,22,24,27,29H,1,5-8,17-21H2,2-3H3,(H3-,33,34,37,38,39,40);(H,6,7)/t27-,29+,36?;/m1./s1. The molecule has 1 aliphatic heterocycles. The molecule has 2 fully saturated rings. The lowest BCUT2D eigenvalue weighted by molar-refractivity contribution is -0.930. The number of phenolic OH excluding ortho intramolecular Hbond substituents is 1. The average Bonchev–Trinajstić information content (AvgIpc) is 3.81. The van der Waals surface area contributed by atoms with Gasteiger partial charge < -0.3 is 40.2 Å². The summed E-state index contributed by atoms with van der Waals surface area (Å²) in [7, 11) is 0. The van der Waals surface area contributed by atoms with Crippen molar-refractivity contribution in [3.8, 4) is 5.75 Å². The smallest absolute Gasteiger partial charge is 0.430 e. The summed E-state index contributed by atoms with van der Waals surface area (Å²) in [5, 5.41) is 21.5. The number of phenols is 1. The number of anilines is 1. The lowest BCUT2D eigenvalue weighted by Crippen LogP contribution is -2.64. The van der Waals surface area contributed by atoms with Crippen LogP contribution in [0.1, 0.15) is 55.5 Å². The summed E-state index contributed by atoms with van der Waals surface area (Å²) in [6.07, 6.45) is 0.902. The van der Waals surface area contributed by atoms with Gasteiger partial charge in [0.15, 0.2) is 0 Å². The molecule has 3 atom stereocenters. The minimum absolute atomic E-state index is 0.124. The number of hydrogen-bond donors (Lipinski definition) is 3. The number of carboxylic acid groups (broad SMARTS) is 1. The Morgan fingerprint density at radius 3 is 2.21 bits per heavy atom. The summed E-state index contributed by atoms with van der Waals surface area (Å²) in [6, 6.07) is 11.6. The first-order valence-corrected chi connectivity index (χ1v) is 15.8. The number of nitrogens with zero attached hydrogens (tertiary/aromatic N) is 2. The Morgan fingerprint density at radius 1 is 1.10 bits per heavy atom. The number of alkyl halides is 3. The number of esters is 1. The lowest BCUT2D eigenvalue weighted by atomic mass is 9.96. The molecule has 3 amide bonds. The predicted octanol–water partition coefficient (Wildman–Crippen LogP) is 3.76. The SMILES string of the molecule is C=CC[N+]1(CC2CC2)CCC[C@@H](N(C(=O)Nc2ccc(C(=O)OC(C)C)cc2)[C@@H](Cc2ccc(O)cc2)C(N)=O)C1.O=C([O-])C(F)(F)F. The number of nitrogens with one attached hydrogen (secondary N) is 1. The highest BCUT2D eigenvalue weighted by Crippen LogP contribution is 2.35. The number of quaternary nitrogens is 1. The number of rotatable bonds is 12. The van der Waals surface area contributed by atoms with Crippen LogP contribution in [-0.4, -0.2) is 88.9 Å². The number of carboxylic acids is 1. The maximum atomic E-state index is 14.0. The van der Waals surface area contributed by atoms with Crippen LogP contribution < -0.4 is 16.2 Å². The molecule has 11 nitrogen and oxygen atoms in total. The van der Waals surface area contributed by atoms with Gasteiger partial charge in [-0.3, -0.25) is 4.79 Å². The molecule has 1 unspecified atom stereocenters. The number of ether oxygens (including phenoxy) is 1. The van der Waals surface area contributed by atoms with E-state index < -0.39 is 36.1 Å². The van der Waals surface area contributed by atoms with Gasteiger partial charge in [0.25, 0.3) is 0 Å². The van der Waals surface area contributed by atoms with Crippen molar-refractivity contribution < 1.29 is 51.8 Å². The van der Waals surface area contributed by atoms with E-state index in [1.165, 1.54) is 12.8 Å². The molecule has 1 saturated carbocycles. The summed E-state index contributed by atoms with van der Waals surface area (Å²) in [6.45, 7) is 11.2. The molecule has 2 aliphatic rings. The molecular formula is C34H43F3N4O7. The van der Waals surface area contributed by atoms with Gasteiger partial charge in [0, 0.05) is 18.0 Å². The maximum Gasteiger partial charge on any atom is 0.430 e. The molecule has 0 spiro atoms. The maximum absolute atomic E-state index is 14.0. The zero-order valence-corrected chi connectivity index (χ0v) is 27.1. The number of amides is 3. The van der Waals surface area contributed by atoms with E-state index in [2.05, 4.69) is 11.9 Å². The molecule has 0 bridgehead atoms. The largest absolute Gasteiger partial charge is 0.542 e. The number of urea groups is 1. The third kappa shape index (κ3) is 11.3. The Labute approximate surface area is 277 Å². The van der Waals surface area contributed by atoms with Gasteiger partial charge in [-0.15, -0.1) is 0 Å². The quantitative estimate of drug-likeness (QED) is 0.175. The summed E-state index contributed by atoms with van der Waals surface area (Å²) in [5.74, 6) is -3.21. The van der Waals surface area contributed by atoms with Crippen molar-refractivity contribution in [1.82, 2.24) is 4.90 Å².